The fourth-order valence-electron chi connectivity index (χ4n) is 2.47. The second kappa shape index (κ2) is 8.56. The molecule has 3 aromatic carbocycles. The van der Waals surface area contributed by atoms with E-state index >= 15 is 0 Å². The van der Waals surface area contributed by atoms with Crippen molar-refractivity contribution < 1.29 is 18.7 Å². The molecule has 0 aliphatic rings. The Kier molecular flexibility index (Phi) is 5.94. The molecule has 0 saturated heterocycles. The molecule has 0 unspecified atom stereocenters. The zero-order chi connectivity index (χ0) is 19.2. The molecule has 3 rings (SSSR count). The number of amides is 1. The van der Waals surface area contributed by atoms with Crippen LogP contribution in [0, 0.1) is 5.82 Å². The topological polar surface area (TPSA) is 47.6 Å². The highest BCUT2D eigenvalue weighted by Gasteiger charge is 2.12. The third kappa shape index (κ3) is 4.99. The van der Waals surface area contributed by atoms with Crippen LogP contribution in [0.3, 0.4) is 0 Å². The summed E-state index contributed by atoms with van der Waals surface area (Å²) in [7, 11) is 1.58. The maximum atomic E-state index is 13.7. The fraction of sp³-hybridized carbons (Fsp3) is 0.0952. The van der Waals surface area contributed by atoms with Crippen molar-refractivity contribution in [3.05, 3.63) is 83.1 Å². The number of carbonyl (C=O) groups excluding carboxylic acids is 1. The molecule has 1 N–H and O–H groups in total. The van der Waals surface area contributed by atoms with Crippen LogP contribution in [0.2, 0.25) is 5.02 Å². The van der Waals surface area contributed by atoms with Crippen molar-refractivity contribution >= 4 is 23.2 Å². The minimum absolute atomic E-state index is 0.0961. The highest BCUT2D eigenvalue weighted by molar-refractivity contribution is 6.31. The standard InChI is InChI=1S/C21H17ClFNO3/c1-26-16-7-9-17(10-8-16)27-20-11-6-15(22)13-19(20)24-21(25)12-14-4-2-3-5-18(14)23/h2-11,13H,12H2,1H3,(H,24,25). The van der Waals surface area contributed by atoms with Crippen LogP contribution in [0.25, 0.3) is 0 Å². The van der Waals surface area contributed by atoms with Gasteiger partial charge in [-0.05, 0) is 54.1 Å². The Labute approximate surface area is 161 Å². The number of anilines is 1. The molecule has 0 spiro atoms. The Balaban J connectivity index is 1.77. The van der Waals surface area contributed by atoms with E-state index in [4.69, 9.17) is 21.1 Å². The number of carbonyl (C=O) groups is 1. The van der Waals surface area contributed by atoms with Gasteiger partial charge in [0.25, 0.3) is 0 Å². The van der Waals surface area contributed by atoms with Gasteiger partial charge in [-0.15, -0.1) is 0 Å². The summed E-state index contributed by atoms with van der Waals surface area (Å²) in [5, 5.41) is 3.17. The van der Waals surface area contributed by atoms with E-state index in [2.05, 4.69) is 5.32 Å². The van der Waals surface area contributed by atoms with E-state index in [1.54, 1.807) is 67.8 Å². The van der Waals surface area contributed by atoms with E-state index in [0.717, 1.165) is 0 Å². The van der Waals surface area contributed by atoms with Gasteiger partial charge in [0.05, 0.1) is 19.2 Å². The van der Waals surface area contributed by atoms with Gasteiger partial charge in [-0.25, -0.2) is 4.39 Å². The number of halogens is 2. The quantitative estimate of drug-likeness (QED) is 0.612. The smallest absolute Gasteiger partial charge is 0.229 e. The molecule has 0 aromatic heterocycles. The Morgan fingerprint density at radius 2 is 1.74 bits per heavy atom. The summed E-state index contributed by atoms with van der Waals surface area (Å²) in [4.78, 5) is 12.3. The summed E-state index contributed by atoms with van der Waals surface area (Å²) in [6.07, 6.45) is -0.0961. The lowest BCUT2D eigenvalue weighted by molar-refractivity contribution is -0.115. The molecular weight excluding hydrogens is 369 g/mol. The normalized spacial score (nSPS) is 10.3. The third-order valence-corrected chi connectivity index (χ3v) is 4.05. The van der Waals surface area contributed by atoms with Gasteiger partial charge in [0, 0.05) is 5.02 Å². The van der Waals surface area contributed by atoms with Crippen molar-refractivity contribution in [3.63, 3.8) is 0 Å². The third-order valence-electron chi connectivity index (χ3n) is 3.81. The molecule has 0 heterocycles. The lowest BCUT2D eigenvalue weighted by atomic mass is 10.1. The van der Waals surface area contributed by atoms with E-state index in [9.17, 15) is 9.18 Å². The van der Waals surface area contributed by atoms with Crippen LogP contribution < -0.4 is 14.8 Å². The summed E-state index contributed by atoms with van der Waals surface area (Å²) < 4.78 is 24.7. The molecule has 27 heavy (non-hydrogen) atoms. The Morgan fingerprint density at radius 1 is 1.04 bits per heavy atom. The SMILES string of the molecule is COc1ccc(Oc2ccc(Cl)cc2NC(=O)Cc2ccccc2F)cc1. The second-order valence-corrected chi connectivity index (χ2v) is 6.17. The van der Waals surface area contributed by atoms with Crippen LogP contribution >= 0.6 is 11.6 Å². The molecular formula is C21H17ClFNO3. The van der Waals surface area contributed by atoms with E-state index in [1.807, 2.05) is 0 Å². The second-order valence-electron chi connectivity index (χ2n) is 5.73. The van der Waals surface area contributed by atoms with Gasteiger partial charge in [-0.2, -0.15) is 0 Å². The Bertz CT molecular complexity index is 944. The molecule has 4 nitrogen and oxygen atoms in total. The molecule has 3 aromatic rings. The number of methoxy groups -OCH3 is 1. The van der Waals surface area contributed by atoms with E-state index in [-0.39, 0.29) is 12.3 Å². The van der Waals surface area contributed by atoms with Gasteiger partial charge in [0.1, 0.15) is 17.3 Å². The van der Waals surface area contributed by atoms with Gasteiger partial charge in [0.15, 0.2) is 5.75 Å². The highest BCUT2D eigenvalue weighted by atomic mass is 35.5. The van der Waals surface area contributed by atoms with Gasteiger partial charge >= 0.3 is 0 Å². The lowest BCUT2D eigenvalue weighted by Gasteiger charge is -2.13. The van der Waals surface area contributed by atoms with Gasteiger partial charge in [-0.1, -0.05) is 29.8 Å². The Morgan fingerprint density at radius 3 is 2.44 bits per heavy atom. The number of hydrogen-bond acceptors (Lipinski definition) is 3. The van der Waals surface area contributed by atoms with Crippen LogP contribution in [-0.2, 0) is 11.2 Å². The summed E-state index contributed by atoms with van der Waals surface area (Å²) >= 11 is 6.04. The van der Waals surface area contributed by atoms with Crippen LogP contribution in [0.4, 0.5) is 10.1 Å². The molecule has 0 aliphatic carbocycles. The molecule has 0 saturated carbocycles. The summed E-state index contributed by atoms with van der Waals surface area (Å²) in [6, 6.07) is 18.1. The van der Waals surface area contributed by atoms with Gasteiger partial charge < -0.3 is 14.8 Å². The molecule has 0 fully saturated rings. The molecule has 1 amide bonds. The fourth-order valence-corrected chi connectivity index (χ4v) is 2.64. The van der Waals surface area contributed by atoms with Crippen LogP contribution in [0.15, 0.2) is 66.7 Å². The predicted octanol–water partition coefficient (Wildman–Crippen LogP) is 5.46. The average Bonchev–Trinajstić information content (AvgIpc) is 2.66. The predicted molar refractivity (Wildman–Crippen MR) is 103 cm³/mol. The number of nitrogens with one attached hydrogen (secondary N) is 1. The van der Waals surface area contributed by atoms with Crippen LogP contribution in [0.1, 0.15) is 5.56 Å². The number of ether oxygens (including phenoxy) is 2. The lowest BCUT2D eigenvalue weighted by Crippen LogP contribution is -2.15. The maximum Gasteiger partial charge on any atom is 0.229 e. The van der Waals surface area contributed by atoms with Crippen molar-refractivity contribution in [1.29, 1.82) is 0 Å². The van der Waals surface area contributed by atoms with E-state index in [0.29, 0.717) is 33.5 Å². The first-order valence-corrected chi connectivity index (χ1v) is 8.57. The first-order valence-electron chi connectivity index (χ1n) is 8.20. The zero-order valence-corrected chi connectivity index (χ0v) is 15.3. The first-order chi connectivity index (χ1) is 13.0. The molecule has 6 heteroatoms. The van der Waals surface area contributed by atoms with E-state index in [1.165, 1.54) is 6.07 Å². The molecule has 0 bridgehead atoms. The molecule has 0 atom stereocenters. The molecule has 138 valence electrons. The van der Waals surface area contributed by atoms with Crippen molar-refractivity contribution in [2.45, 2.75) is 6.42 Å². The summed E-state index contributed by atoms with van der Waals surface area (Å²) in [6.45, 7) is 0. The van der Waals surface area contributed by atoms with Crippen molar-refractivity contribution in [2.24, 2.45) is 0 Å². The monoisotopic (exact) mass is 385 g/mol. The number of benzene rings is 3. The first kappa shape index (κ1) is 18.7. The van der Waals surface area contributed by atoms with Crippen molar-refractivity contribution in [2.75, 3.05) is 12.4 Å². The minimum atomic E-state index is -0.423. The number of hydrogen-bond donors (Lipinski definition) is 1. The maximum absolute atomic E-state index is 13.7. The minimum Gasteiger partial charge on any atom is -0.497 e. The molecule has 0 aliphatic heterocycles. The van der Waals surface area contributed by atoms with Crippen molar-refractivity contribution in [3.8, 4) is 17.2 Å². The molecule has 0 radical (unpaired) electrons. The zero-order valence-electron chi connectivity index (χ0n) is 14.5. The van der Waals surface area contributed by atoms with Crippen LogP contribution in [-0.4, -0.2) is 13.0 Å². The van der Waals surface area contributed by atoms with E-state index < -0.39 is 5.82 Å². The highest BCUT2D eigenvalue weighted by Crippen LogP contribution is 2.32. The summed E-state index contributed by atoms with van der Waals surface area (Å²) in [5.74, 6) is 0.904. The number of rotatable bonds is 6. The summed E-state index contributed by atoms with van der Waals surface area (Å²) in [5.41, 5.74) is 0.717. The average molecular weight is 386 g/mol. The Hall–Kier alpha value is -3.05. The van der Waals surface area contributed by atoms with Crippen LogP contribution in [0.5, 0.6) is 17.2 Å². The van der Waals surface area contributed by atoms with Crippen molar-refractivity contribution in [1.82, 2.24) is 0 Å². The van der Waals surface area contributed by atoms with Gasteiger partial charge in [-0.3, -0.25) is 4.79 Å². The van der Waals surface area contributed by atoms with Gasteiger partial charge in [0.2, 0.25) is 5.91 Å². The largest absolute Gasteiger partial charge is 0.497 e.